The third-order valence-electron chi connectivity index (χ3n) is 3.35. The van der Waals surface area contributed by atoms with Crippen LogP contribution in [0, 0.1) is 0 Å². The molecule has 1 atom stereocenters. The van der Waals surface area contributed by atoms with Crippen molar-refractivity contribution in [1.82, 2.24) is 15.1 Å². The summed E-state index contributed by atoms with van der Waals surface area (Å²) in [5.41, 5.74) is 0. The topological polar surface area (TPSA) is 67.4 Å². The normalized spacial score (nSPS) is 17.9. The molecule has 0 aliphatic carbocycles. The van der Waals surface area contributed by atoms with Gasteiger partial charge in [0.25, 0.3) is 0 Å². The van der Waals surface area contributed by atoms with E-state index in [2.05, 4.69) is 15.5 Å². The molecule has 2 rings (SSSR count). The number of carbonyl (C=O) groups is 1. The van der Waals surface area contributed by atoms with E-state index >= 15 is 0 Å². The van der Waals surface area contributed by atoms with E-state index in [9.17, 15) is 4.79 Å². The van der Waals surface area contributed by atoms with Crippen molar-refractivity contribution in [2.75, 3.05) is 37.3 Å². The molecule has 1 aliphatic rings. The minimum absolute atomic E-state index is 0.147. The van der Waals surface area contributed by atoms with E-state index in [1.807, 2.05) is 18.7 Å². The predicted molar refractivity (Wildman–Crippen MR) is 86.0 cm³/mol. The first-order chi connectivity index (χ1) is 10.2. The van der Waals surface area contributed by atoms with Gasteiger partial charge in [-0.05, 0) is 26.7 Å². The van der Waals surface area contributed by atoms with Gasteiger partial charge in [-0.15, -0.1) is 10.2 Å². The number of amides is 1. The summed E-state index contributed by atoms with van der Waals surface area (Å²) in [5, 5.41) is 12.2. The van der Waals surface area contributed by atoms with Crippen molar-refractivity contribution < 1.29 is 9.53 Å². The van der Waals surface area contributed by atoms with Crippen molar-refractivity contribution in [2.24, 2.45) is 0 Å². The summed E-state index contributed by atoms with van der Waals surface area (Å²) >= 11 is 2.94. The Balaban J connectivity index is 1.73. The zero-order valence-electron chi connectivity index (χ0n) is 12.5. The fourth-order valence-corrected chi connectivity index (χ4v) is 3.80. The van der Waals surface area contributed by atoms with E-state index in [-0.39, 0.29) is 12.0 Å². The zero-order chi connectivity index (χ0) is 15.1. The van der Waals surface area contributed by atoms with Crippen LogP contribution in [0.15, 0.2) is 4.34 Å². The maximum atomic E-state index is 11.9. The largest absolute Gasteiger partial charge is 0.376 e. The van der Waals surface area contributed by atoms with Crippen LogP contribution in [-0.4, -0.2) is 59.1 Å². The first kappa shape index (κ1) is 16.5. The molecule has 2 heterocycles. The number of hydrogen-bond donors (Lipinski definition) is 1. The molecule has 0 radical (unpaired) electrons. The molecule has 1 saturated heterocycles. The Morgan fingerprint density at radius 3 is 2.95 bits per heavy atom. The maximum Gasteiger partial charge on any atom is 0.233 e. The van der Waals surface area contributed by atoms with Crippen molar-refractivity contribution in [3.05, 3.63) is 0 Å². The third kappa shape index (κ3) is 5.12. The number of hydrogen-bond acceptors (Lipinski definition) is 7. The Kier molecular flexibility index (Phi) is 6.72. The summed E-state index contributed by atoms with van der Waals surface area (Å²) in [7, 11) is 0. The Morgan fingerprint density at radius 2 is 2.29 bits per heavy atom. The molecule has 1 N–H and O–H groups in total. The average Bonchev–Trinajstić information content (AvgIpc) is 3.16. The minimum atomic E-state index is 0.147. The highest BCUT2D eigenvalue weighted by Gasteiger charge is 2.16. The second-order valence-electron chi connectivity index (χ2n) is 4.74. The van der Waals surface area contributed by atoms with Gasteiger partial charge in [0.2, 0.25) is 11.0 Å². The quantitative estimate of drug-likeness (QED) is 0.736. The van der Waals surface area contributed by atoms with Crippen molar-refractivity contribution >= 4 is 34.1 Å². The Hall–Kier alpha value is -0.860. The van der Waals surface area contributed by atoms with Gasteiger partial charge >= 0.3 is 0 Å². The molecule has 1 aromatic rings. The molecule has 118 valence electrons. The van der Waals surface area contributed by atoms with Gasteiger partial charge in [-0.3, -0.25) is 4.79 Å². The van der Waals surface area contributed by atoms with Crippen molar-refractivity contribution in [2.45, 2.75) is 37.1 Å². The zero-order valence-corrected chi connectivity index (χ0v) is 14.1. The van der Waals surface area contributed by atoms with Gasteiger partial charge in [0.15, 0.2) is 4.34 Å². The van der Waals surface area contributed by atoms with Gasteiger partial charge < -0.3 is 15.0 Å². The molecule has 0 bridgehead atoms. The summed E-state index contributed by atoms with van der Waals surface area (Å²) in [6, 6.07) is 0. The molecule has 0 saturated carbocycles. The monoisotopic (exact) mass is 330 g/mol. The molecular weight excluding hydrogens is 308 g/mol. The number of ether oxygens (including phenoxy) is 1. The minimum Gasteiger partial charge on any atom is -0.376 e. The lowest BCUT2D eigenvalue weighted by Gasteiger charge is -2.17. The second-order valence-corrected chi connectivity index (χ2v) is 6.94. The molecule has 6 nitrogen and oxygen atoms in total. The fourth-order valence-electron chi connectivity index (χ4n) is 2.14. The number of aromatic nitrogens is 2. The van der Waals surface area contributed by atoms with Gasteiger partial charge in [0.05, 0.1) is 11.9 Å². The summed E-state index contributed by atoms with van der Waals surface area (Å²) in [4.78, 5) is 13.7. The molecule has 1 aliphatic heterocycles. The molecule has 0 aromatic carbocycles. The number of carbonyl (C=O) groups excluding carboxylic acids is 1. The van der Waals surface area contributed by atoms with Crippen LogP contribution >= 0.6 is 23.1 Å². The summed E-state index contributed by atoms with van der Waals surface area (Å²) in [6.07, 6.45) is 2.53. The molecule has 8 heteroatoms. The summed E-state index contributed by atoms with van der Waals surface area (Å²) in [6.45, 7) is 7.11. The summed E-state index contributed by atoms with van der Waals surface area (Å²) < 4.78 is 6.37. The first-order valence-electron chi connectivity index (χ1n) is 7.32. The van der Waals surface area contributed by atoms with Crippen molar-refractivity contribution in [1.29, 1.82) is 0 Å². The Morgan fingerprint density at radius 1 is 1.48 bits per heavy atom. The highest BCUT2D eigenvalue weighted by Crippen LogP contribution is 2.26. The predicted octanol–water partition coefficient (Wildman–Crippen LogP) is 2.09. The van der Waals surface area contributed by atoms with Crippen LogP contribution in [0.5, 0.6) is 0 Å². The lowest BCUT2D eigenvalue weighted by molar-refractivity contribution is -0.127. The van der Waals surface area contributed by atoms with Crippen LogP contribution in [0.4, 0.5) is 5.13 Å². The first-order valence-corrected chi connectivity index (χ1v) is 9.12. The Bertz CT molecular complexity index is 445. The molecule has 1 aromatic heterocycles. The van der Waals surface area contributed by atoms with Gasteiger partial charge in [0.1, 0.15) is 0 Å². The number of thioether (sulfide) groups is 1. The van der Waals surface area contributed by atoms with E-state index in [0.717, 1.165) is 48.6 Å². The van der Waals surface area contributed by atoms with Gasteiger partial charge in [0, 0.05) is 26.2 Å². The second kappa shape index (κ2) is 8.55. The van der Waals surface area contributed by atoms with E-state index in [1.165, 1.54) is 23.1 Å². The summed E-state index contributed by atoms with van der Waals surface area (Å²) in [5.74, 6) is 0.566. The molecule has 1 amide bonds. The van der Waals surface area contributed by atoms with Gasteiger partial charge in [-0.1, -0.05) is 23.1 Å². The maximum absolute atomic E-state index is 11.9. The van der Waals surface area contributed by atoms with Gasteiger partial charge in [-0.25, -0.2) is 0 Å². The van der Waals surface area contributed by atoms with E-state index in [1.54, 1.807) is 0 Å². The number of nitrogens with one attached hydrogen (secondary N) is 1. The number of anilines is 1. The van der Waals surface area contributed by atoms with Crippen LogP contribution in [0.3, 0.4) is 0 Å². The van der Waals surface area contributed by atoms with E-state index in [4.69, 9.17) is 4.74 Å². The average molecular weight is 330 g/mol. The highest BCUT2D eigenvalue weighted by atomic mass is 32.2. The lowest BCUT2D eigenvalue weighted by Crippen LogP contribution is -2.31. The smallest absolute Gasteiger partial charge is 0.233 e. The van der Waals surface area contributed by atoms with Crippen LogP contribution in [0.25, 0.3) is 0 Å². The van der Waals surface area contributed by atoms with Crippen LogP contribution < -0.4 is 5.32 Å². The SMILES string of the molecule is CCN(CC)C(=O)CSc1nnc(NCC2CCCO2)s1. The molecule has 21 heavy (non-hydrogen) atoms. The van der Waals surface area contributed by atoms with Crippen molar-refractivity contribution in [3.8, 4) is 0 Å². The molecular formula is C13H22N4O2S2. The van der Waals surface area contributed by atoms with E-state index in [0.29, 0.717) is 5.75 Å². The molecule has 0 spiro atoms. The van der Waals surface area contributed by atoms with Gasteiger partial charge in [-0.2, -0.15) is 0 Å². The lowest BCUT2D eigenvalue weighted by atomic mass is 10.2. The van der Waals surface area contributed by atoms with Crippen LogP contribution in [-0.2, 0) is 9.53 Å². The molecule has 1 fully saturated rings. The standard InChI is InChI=1S/C13H22N4O2S2/c1-3-17(4-2)11(18)9-20-13-16-15-12(21-13)14-8-10-6-5-7-19-10/h10H,3-9H2,1-2H3,(H,14,15). The van der Waals surface area contributed by atoms with Crippen molar-refractivity contribution in [3.63, 3.8) is 0 Å². The highest BCUT2D eigenvalue weighted by molar-refractivity contribution is 8.01. The number of rotatable bonds is 8. The number of nitrogens with zero attached hydrogens (tertiary/aromatic N) is 3. The molecule has 1 unspecified atom stereocenters. The Labute approximate surface area is 133 Å². The van der Waals surface area contributed by atoms with E-state index < -0.39 is 0 Å². The van der Waals surface area contributed by atoms with Crippen LogP contribution in [0.2, 0.25) is 0 Å². The fraction of sp³-hybridized carbons (Fsp3) is 0.769. The third-order valence-corrected chi connectivity index (χ3v) is 5.35. The van der Waals surface area contributed by atoms with Crippen LogP contribution in [0.1, 0.15) is 26.7 Å².